The van der Waals surface area contributed by atoms with Gasteiger partial charge in [-0.1, -0.05) is 62.9 Å². The van der Waals surface area contributed by atoms with E-state index >= 15 is 0 Å². The average Bonchev–Trinajstić information content (AvgIpc) is 2.41. The minimum atomic E-state index is -0.00864. The maximum absolute atomic E-state index is 6.12. The molecule has 0 aliphatic heterocycles. The highest BCUT2D eigenvalue weighted by Gasteiger charge is 2.13. The van der Waals surface area contributed by atoms with Crippen LogP contribution in [-0.2, 0) is 0 Å². The van der Waals surface area contributed by atoms with Crippen molar-refractivity contribution in [2.75, 3.05) is 7.11 Å². The first-order chi connectivity index (χ1) is 9.02. The third kappa shape index (κ3) is 3.38. The Balaban J connectivity index is 2.35. The molecular weight excluding hydrogens is 370 g/mol. The van der Waals surface area contributed by atoms with Gasteiger partial charge in [0.15, 0.2) is 0 Å². The van der Waals surface area contributed by atoms with E-state index in [1.54, 1.807) is 13.2 Å². The Hall–Kier alpha value is -0.410. The van der Waals surface area contributed by atoms with Crippen LogP contribution in [0.2, 0.25) is 15.1 Å². The summed E-state index contributed by atoms with van der Waals surface area (Å²) in [6.07, 6.45) is 0. The number of methoxy groups -OCH3 is 1. The predicted octanol–water partition coefficient (Wildman–Crippen LogP) is 6.14. The minimum absolute atomic E-state index is 0.00864. The van der Waals surface area contributed by atoms with Gasteiger partial charge in [0.2, 0.25) is 0 Å². The molecule has 0 amide bonds. The standard InChI is InChI=1S/C14H10BrCl3O/c1-19-13-5-3-9(7-12(13)18)14(15)8-2-4-10(16)11(17)6-8/h2-7,14H,1H3. The topological polar surface area (TPSA) is 9.23 Å². The van der Waals surface area contributed by atoms with E-state index in [0.717, 1.165) is 11.1 Å². The zero-order valence-electron chi connectivity index (χ0n) is 9.96. The lowest BCUT2D eigenvalue weighted by Gasteiger charge is -2.13. The van der Waals surface area contributed by atoms with Gasteiger partial charge in [-0.2, -0.15) is 0 Å². The summed E-state index contributed by atoms with van der Waals surface area (Å²) < 4.78 is 5.13. The van der Waals surface area contributed by atoms with E-state index in [1.807, 2.05) is 30.3 Å². The third-order valence-corrected chi connectivity index (χ3v) is 4.80. The SMILES string of the molecule is COc1ccc(C(Br)c2ccc(Cl)c(Cl)c2)cc1Cl. The zero-order valence-corrected chi connectivity index (χ0v) is 13.8. The van der Waals surface area contributed by atoms with E-state index < -0.39 is 0 Å². The number of rotatable bonds is 3. The summed E-state index contributed by atoms with van der Waals surface area (Å²) in [5, 5.41) is 1.64. The molecular formula is C14H10BrCl3O. The number of alkyl halides is 1. The first-order valence-corrected chi connectivity index (χ1v) is 7.50. The molecule has 0 fully saturated rings. The van der Waals surface area contributed by atoms with Crippen LogP contribution in [0.5, 0.6) is 5.75 Å². The van der Waals surface area contributed by atoms with Gasteiger partial charge < -0.3 is 4.74 Å². The number of halogens is 4. The van der Waals surface area contributed by atoms with Crippen molar-refractivity contribution in [2.45, 2.75) is 4.83 Å². The Labute approximate surface area is 135 Å². The second-order valence-corrected chi connectivity index (χ2v) is 6.07. The smallest absolute Gasteiger partial charge is 0.137 e. The third-order valence-electron chi connectivity index (χ3n) is 2.70. The molecule has 2 rings (SSSR count). The molecule has 2 aromatic carbocycles. The van der Waals surface area contributed by atoms with Gasteiger partial charge in [-0.05, 0) is 35.4 Å². The fourth-order valence-electron chi connectivity index (χ4n) is 1.70. The van der Waals surface area contributed by atoms with Crippen molar-refractivity contribution in [2.24, 2.45) is 0 Å². The highest BCUT2D eigenvalue weighted by molar-refractivity contribution is 9.09. The molecule has 1 unspecified atom stereocenters. The maximum atomic E-state index is 6.12. The summed E-state index contributed by atoms with van der Waals surface area (Å²) in [6, 6.07) is 11.2. The van der Waals surface area contributed by atoms with Gasteiger partial charge in [-0.15, -0.1) is 0 Å². The van der Waals surface area contributed by atoms with E-state index in [4.69, 9.17) is 39.5 Å². The second-order valence-electron chi connectivity index (χ2n) is 3.93. The van der Waals surface area contributed by atoms with Crippen molar-refractivity contribution < 1.29 is 4.74 Å². The molecule has 5 heteroatoms. The van der Waals surface area contributed by atoms with Crippen molar-refractivity contribution in [1.29, 1.82) is 0 Å². The van der Waals surface area contributed by atoms with E-state index in [-0.39, 0.29) is 4.83 Å². The van der Waals surface area contributed by atoms with Crippen LogP contribution in [0.3, 0.4) is 0 Å². The minimum Gasteiger partial charge on any atom is -0.495 e. The van der Waals surface area contributed by atoms with Gasteiger partial charge in [0.1, 0.15) is 5.75 Å². The molecule has 1 atom stereocenters. The van der Waals surface area contributed by atoms with Crippen molar-refractivity contribution in [3.8, 4) is 5.75 Å². The van der Waals surface area contributed by atoms with E-state index in [9.17, 15) is 0 Å². The molecule has 0 bridgehead atoms. The molecule has 0 heterocycles. The maximum Gasteiger partial charge on any atom is 0.137 e. The quantitative estimate of drug-likeness (QED) is 0.581. The Kier molecular flexibility index (Phi) is 5.02. The summed E-state index contributed by atoms with van der Waals surface area (Å²) in [7, 11) is 1.59. The average molecular weight is 380 g/mol. The zero-order chi connectivity index (χ0) is 14.0. The van der Waals surface area contributed by atoms with Crippen molar-refractivity contribution in [3.05, 3.63) is 62.6 Å². The summed E-state index contributed by atoms with van der Waals surface area (Å²) >= 11 is 21.7. The van der Waals surface area contributed by atoms with Crippen LogP contribution in [0.15, 0.2) is 36.4 Å². The van der Waals surface area contributed by atoms with Crippen LogP contribution < -0.4 is 4.74 Å². The molecule has 2 aromatic rings. The fraction of sp³-hybridized carbons (Fsp3) is 0.143. The molecule has 0 aromatic heterocycles. The second kappa shape index (κ2) is 6.36. The van der Waals surface area contributed by atoms with Crippen molar-refractivity contribution in [1.82, 2.24) is 0 Å². The predicted molar refractivity (Wildman–Crippen MR) is 85.2 cm³/mol. The summed E-state index contributed by atoms with van der Waals surface area (Å²) in [5.74, 6) is 0.652. The summed E-state index contributed by atoms with van der Waals surface area (Å²) in [5.41, 5.74) is 2.03. The van der Waals surface area contributed by atoms with Gasteiger partial charge in [0, 0.05) is 0 Å². The normalized spacial score (nSPS) is 12.3. The lowest BCUT2D eigenvalue weighted by atomic mass is 10.0. The largest absolute Gasteiger partial charge is 0.495 e. The highest BCUT2D eigenvalue weighted by atomic mass is 79.9. The summed E-state index contributed by atoms with van der Waals surface area (Å²) in [6.45, 7) is 0. The Morgan fingerprint density at radius 2 is 1.47 bits per heavy atom. The Morgan fingerprint density at radius 1 is 0.895 bits per heavy atom. The molecule has 0 aliphatic rings. The van der Waals surface area contributed by atoms with Gasteiger partial charge in [-0.3, -0.25) is 0 Å². The lowest BCUT2D eigenvalue weighted by molar-refractivity contribution is 0.415. The van der Waals surface area contributed by atoms with Gasteiger partial charge in [0.25, 0.3) is 0 Å². The Bertz CT molecular complexity index is 601. The van der Waals surface area contributed by atoms with Crippen molar-refractivity contribution in [3.63, 3.8) is 0 Å². The van der Waals surface area contributed by atoms with E-state index in [1.165, 1.54) is 0 Å². The highest BCUT2D eigenvalue weighted by Crippen LogP contribution is 2.37. The van der Waals surface area contributed by atoms with E-state index in [0.29, 0.717) is 20.8 Å². The molecule has 0 N–H and O–H groups in total. The first-order valence-electron chi connectivity index (χ1n) is 5.45. The van der Waals surface area contributed by atoms with Gasteiger partial charge in [0.05, 0.1) is 27.0 Å². The van der Waals surface area contributed by atoms with Crippen LogP contribution in [0.1, 0.15) is 16.0 Å². The van der Waals surface area contributed by atoms with Crippen molar-refractivity contribution >= 4 is 50.7 Å². The van der Waals surface area contributed by atoms with Crippen LogP contribution in [0.4, 0.5) is 0 Å². The number of ether oxygens (including phenoxy) is 1. The molecule has 0 aliphatic carbocycles. The van der Waals surface area contributed by atoms with Crippen LogP contribution >= 0.6 is 50.7 Å². The lowest BCUT2D eigenvalue weighted by Crippen LogP contribution is -1.94. The Morgan fingerprint density at radius 3 is 2.00 bits per heavy atom. The number of benzene rings is 2. The molecule has 19 heavy (non-hydrogen) atoms. The molecule has 100 valence electrons. The van der Waals surface area contributed by atoms with Crippen LogP contribution in [-0.4, -0.2) is 7.11 Å². The van der Waals surface area contributed by atoms with Gasteiger partial charge in [-0.25, -0.2) is 0 Å². The van der Waals surface area contributed by atoms with Crippen LogP contribution in [0, 0.1) is 0 Å². The number of hydrogen-bond donors (Lipinski definition) is 0. The molecule has 1 nitrogen and oxygen atoms in total. The molecule has 0 radical (unpaired) electrons. The van der Waals surface area contributed by atoms with Crippen LogP contribution in [0.25, 0.3) is 0 Å². The van der Waals surface area contributed by atoms with E-state index in [2.05, 4.69) is 15.9 Å². The molecule has 0 spiro atoms. The molecule has 0 saturated heterocycles. The first kappa shape index (κ1) is 15.0. The number of hydrogen-bond acceptors (Lipinski definition) is 1. The fourth-order valence-corrected chi connectivity index (χ4v) is 2.84. The molecule has 0 saturated carbocycles. The summed E-state index contributed by atoms with van der Waals surface area (Å²) in [4.78, 5) is -0.00864. The van der Waals surface area contributed by atoms with Gasteiger partial charge >= 0.3 is 0 Å². The monoisotopic (exact) mass is 378 g/mol.